The average Bonchev–Trinajstić information content (AvgIpc) is 2.62. The van der Waals surface area contributed by atoms with Crippen LogP contribution in [0.3, 0.4) is 0 Å². The molecule has 2 aromatic carbocycles. The van der Waals surface area contributed by atoms with Crippen LogP contribution in [0.15, 0.2) is 48.5 Å². The second-order valence-corrected chi connectivity index (χ2v) is 5.69. The molecule has 0 aliphatic heterocycles. The molecular weight excluding hydrogens is 319 g/mol. The summed E-state index contributed by atoms with van der Waals surface area (Å²) in [5.41, 5.74) is 1.74. The van der Waals surface area contributed by atoms with Gasteiger partial charge >= 0.3 is 0 Å². The van der Waals surface area contributed by atoms with Gasteiger partial charge in [0.2, 0.25) is 5.91 Å². The van der Waals surface area contributed by atoms with Gasteiger partial charge in [0.1, 0.15) is 5.82 Å². The van der Waals surface area contributed by atoms with E-state index in [1.165, 1.54) is 6.07 Å². The summed E-state index contributed by atoms with van der Waals surface area (Å²) < 4.78 is 13.5. The maximum Gasteiger partial charge on any atom is 0.253 e. The number of hydrogen-bond acceptors (Lipinski definition) is 2. The number of rotatable bonds is 7. The third-order valence-electron chi connectivity index (χ3n) is 4.05. The van der Waals surface area contributed by atoms with Crippen LogP contribution in [0.1, 0.15) is 36.2 Å². The number of hydrogen-bond donors (Lipinski definition) is 1. The molecule has 2 rings (SSSR count). The summed E-state index contributed by atoms with van der Waals surface area (Å²) >= 11 is 0. The maximum absolute atomic E-state index is 13.5. The van der Waals surface area contributed by atoms with Crippen LogP contribution < -0.4 is 5.32 Å². The van der Waals surface area contributed by atoms with Crippen LogP contribution in [-0.4, -0.2) is 29.8 Å². The minimum absolute atomic E-state index is 0.0255. The zero-order valence-electron chi connectivity index (χ0n) is 14.6. The highest BCUT2D eigenvalue weighted by atomic mass is 19.1. The highest BCUT2D eigenvalue weighted by Gasteiger charge is 2.12. The highest BCUT2D eigenvalue weighted by Crippen LogP contribution is 2.13. The molecule has 0 saturated carbocycles. The van der Waals surface area contributed by atoms with Gasteiger partial charge in [-0.1, -0.05) is 18.2 Å². The van der Waals surface area contributed by atoms with Crippen molar-refractivity contribution in [3.8, 4) is 0 Å². The minimum atomic E-state index is -0.297. The van der Waals surface area contributed by atoms with Gasteiger partial charge in [0.15, 0.2) is 0 Å². The molecular formula is C20H23FN2O2. The summed E-state index contributed by atoms with van der Waals surface area (Å²) in [6.45, 7) is 5.19. The summed E-state index contributed by atoms with van der Waals surface area (Å²) in [6, 6.07) is 13.3. The van der Waals surface area contributed by atoms with Crippen LogP contribution in [0.5, 0.6) is 0 Å². The fourth-order valence-electron chi connectivity index (χ4n) is 2.56. The summed E-state index contributed by atoms with van der Waals surface area (Å²) in [6.07, 6.45) is 0.540. The topological polar surface area (TPSA) is 49.4 Å². The Hall–Kier alpha value is -2.69. The molecule has 0 saturated heterocycles. The van der Waals surface area contributed by atoms with E-state index < -0.39 is 0 Å². The first kappa shape index (κ1) is 18.6. The van der Waals surface area contributed by atoms with E-state index in [1.54, 1.807) is 47.4 Å². The first-order valence-corrected chi connectivity index (χ1v) is 8.47. The number of halogens is 1. The fraction of sp³-hybridized carbons (Fsp3) is 0.300. The van der Waals surface area contributed by atoms with Gasteiger partial charge in [-0.15, -0.1) is 0 Å². The molecule has 0 aromatic heterocycles. The Kier molecular flexibility index (Phi) is 6.69. The standard InChI is InChI=1S/C20H23FN2O2/c1-3-23(4-2)20(25)16-9-12-17(13-10-16)22-19(24)14-11-15-7-5-6-8-18(15)21/h5-10,12-13H,3-4,11,14H2,1-2H3,(H,22,24). The van der Waals surface area contributed by atoms with Crippen LogP contribution in [0.2, 0.25) is 0 Å². The van der Waals surface area contributed by atoms with Crippen LogP contribution in [0.25, 0.3) is 0 Å². The molecule has 0 bridgehead atoms. The van der Waals surface area contributed by atoms with Crippen molar-refractivity contribution in [2.75, 3.05) is 18.4 Å². The maximum atomic E-state index is 13.5. The number of amides is 2. The zero-order valence-corrected chi connectivity index (χ0v) is 14.6. The van der Waals surface area contributed by atoms with Crippen LogP contribution in [0, 0.1) is 5.82 Å². The summed E-state index contributed by atoms with van der Waals surface area (Å²) in [5.74, 6) is -0.511. The third-order valence-corrected chi connectivity index (χ3v) is 4.05. The number of nitrogens with zero attached hydrogens (tertiary/aromatic N) is 1. The molecule has 0 atom stereocenters. The van der Waals surface area contributed by atoms with Crippen molar-refractivity contribution in [3.63, 3.8) is 0 Å². The van der Waals surface area contributed by atoms with E-state index in [2.05, 4.69) is 5.32 Å². The SMILES string of the molecule is CCN(CC)C(=O)c1ccc(NC(=O)CCc2ccccc2F)cc1. The second-order valence-electron chi connectivity index (χ2n) is 5.69. The molecule has 4 nitrogen and oxygen atoms in total. The van der Waals surface area contributed by atoms with Crippen molar-refractivity contribution in [1.29, 1.82) is 0 Å². The number of benzene rings is 2. The Morgan fingerprint density at radius 2 is 1.64 bits per heavy atom. The molecule has 1 N–H and O–H groups in total. The van der Waals surface area contributed by atoms with E-state index in [4.69, 9.17) is 0 Å². The van der Waals surface area contributed by atoms with Crippen molar-refractivity contribution in [2.45, 2.75) is 26.7 Å². The van der Waals surface area contributed by atoms with Gasteiger partial charge in [0.25, 0.3) is 5.91 Å². The van der Waals surface area contributed by atoms with Crippen molar-refractivity contribution in [3.05, 3.63) is 65.5 Å². The van der Waals surface area contributed by atoms with Gasteiger partial charge in [0.05, 0.1) is 0 Å². The smallest absolute Gasteiger partial charge is 0.253 e. The lowest BCUT2D eigenvalue weighted by Gasteiger charge is -2.18. The van der Waals surface area contributed by atoms with Crippen LogP contribution >= 0.6 is 0 Å². The molecule has 2 amide bonds. The van der Waals surface area contributed by atoms with Crippen LogP contribution in [-0.2, 0) is 11.2 Å². The van der Waals surface area contributed by atoms with Crippen molar-refractivity contribution >= 4 is 17.5 Å². The average molecular weight is 342 g/mol. The molecule has 0 fully saturated rings. The van der Waals surface area contributed by atoms with Gasteiger partial charge in [-0.3, -0.25) is 9.59 Å². The molecule has 0 aliphatic rings. The van der Waals surface area contributed by atoms with E-state index in [0.29, 0.717) is 36.3 Å². The lowest BCUT2D eigenvalue weighted by molar-refractivity contribution is -0.116. The largest absolute Gasteiger partial charge is 0.339 e. The van der Waals surface area contributed by atoms with E-state index in [-0.39, 0.29) is 24.1 Å². The summed E-state index contributed by atoms with van der Waals surface area (Å²) in [4.78, 5) is 26.0. The fourth-order valence-corrected chi connectivity index (χ4v) is 2.56. The molecule has 0 aliphatic carbocycles. The molecule has 132 valence electrons. The Balaban J connectivity index is 1.91. The number of anilines is 1. The van der Waals surface area contributed by atoms with Gasteiger partial charge in [-0.25, -0.2) is 4.39 Å². The van der Waals surface area contributed by atoms with Gasteiger partial charge in [0, 0.05) is 30.8 Å². The number of nitrogens with one attached hydrogen (secondary N) is 1. The molecule has 5 heteroatoms. The Bertz CT molecular complexity index is 725. The predicted octanol–water partition coefficient (Wildman–Crippen LogP) is 3.88. The molecule has 2 aromatic rings. The Morgan fingerprint density at radius 1 is 1.00 bits per heavy atom. The summed E-state index contributed by atoms with van der Waals surface area (Å²) in [7, 11) is 0. The van der Waals surface area contributed by atoms with E-state index in [0.717, 1.165) is 0 Å². The molecule has 0 unspecified atom stereocenters. The predicted molar refractivity (Wildman–Crippen MR) is 97.0 cm³/mol. The van der Waals surface area contributed by atoms with Crippen LogP contribution in [0.4, 0.5) is 10.1 Å². The van der Waals surface area contributed by atoms with Crippen molar-refractivity contribution < 1.29 is 14.0 Å². The van der Waals surface area contributed by atoms with Gasteiger partial charge in [-0.05, 0) is 56.2 Å². The number of carbonyl (C=O) groups excluding carboxylic acids is 2. The van der Waals surface area contributed by atoms with E-state index in [9.17, 15) is 14.0 Å². The van der Waals surface area contributed by atoms with Crippen molar-refractivity contribution in [1.82, 2.24) is 4.90 Å². The summed E-state index contributed by atoms with van der Waals surface area (Å²) in [5, 5.41) is 2.77. The highest BCUT2D eigenvalue weighted by molar-refractivity contribution is 5.95. The van der Waals surface area contributed by atoms with Crippen molar-refractivity contribution in [2.24, 2.45) is 0 Å². The Morgan fingerprint density at radius 3 is 2.24 bits per heavy atom. The van der Waals surface area contributed by atoms with Gasteiger partial charge in [-0.2, -0.15) is 0 Å². The minimum Gasteiger partial charge on any atom is -0.339 e. The quantitative estimate of drug-likeness (QED) is 0.830. The molecule has 0 spiro atoms. The van der Waals surface area contributed by atoms with E-state index in [1.807, 2.05) is 13.8 Å². The molecule has 0 heterocycles. The molecule has 25 heavy (non-hydrogen) atoms. The zero-order chi connectivity index (χ0) is 18.2. The third kappa shape index (κ3) is 5.14. The lowest BCUT2D eigenvalue weighted by atomic mass is 10.1. The second kappa shape index (κ2) is 8.97. The molecule has 0 radical (unpaired) electrons. The first-order valence-electron chi connectivity index (χ1n) is 8.47. The van der Waals surface area contributed by atoms with E-state index >= 15 is 0 Å². The first-order chi connectivity index (χ1) is 12.0. The van der Waals surface area contributed by atoms with Gasteiger partial charge < -0.3 is 10.2 Å². The number of aryl methyl sites for hydroxylation is 1. The lowest BCUT2D eigenvalue weighted by Crippen LogP contribution is -2.30. The monoisotopic (exact) mass is 342 g/mol. The number of carbonyl (C=O) groups is 2. The normalized spacial score (nSPS) is 10.4. The Labute approximate surface area is 147 Å².